The van der Waals surface area contributed by atoms with Gasteiger partial charge in [0.1, 0.15) is 11.5 Å². The lowest BCUT2D eigenvalue weighted by Crippen LogP contribution is -2.13. The Bertz CT molecular complexity index is 1140. The highest BCUT2D eigenvalue weighted by Gasteiger charge is 2.20. The summed E-state index contributed by atoms with van der Waals surface area (Å²) in [4.78, 5) is 22.0. The molecule has 1 N–H and O–H groups in total. The van der Waals surface area contributed by atoms with Gasteiger partial charge < -0.3 is 9.15 Å². The Balaban J connectivity index is 1.54. The molecule has 1 aromatic carbocycles. The minimum Gasteiger partial charge on any atom is -0.440 e. The number of ether oxygens (including phenoxy) is 1. The molecule has 10 heteroatoms. The fraction of sp³-hybridized carbons (Fsp3) is 0.105. The van der Waals surface area contributed by atoms with E-state index in [-0.39, 0.29) is 11.4 Å². The Labute approximate surface area is 171 Å². The van der Waals surface area contributed by atoms with E-state index in [1.807, 2.05) is 17.5 Å². The van der Waals surface area contributed by atoms with Gasteiger partial charge in [0, 0.05) is 10.9 Å². The number of para-hydroxylation sites is 1. The summed E-state index contributed by atoms with van der Waals surface area (Å²) in [6, 6.07) is 10.1. The molecule has 4 rings (SSSR count). The van der Waals surface area contributed by atoms with Gasteiger partial charge in [-0.3, -0.25) is 10.1 Å². The lowest BCUT2D eigenvalue weighted by molar-refractivity contribution is -0.0494. The third-order valence-electron chi connectivity index (χ3n) is 3.85. The molecule has 3 heterocycles. The van der Waals surface area contributed by atoms with E-state index in [1.54, 1.807) is 30.5 Å². The molecule has 3 aromatic heterocycles. The van der Waals surface area contributed by atoms with Gasteiger partial charge in [-0.25, -0.2) is 9.97 Å². The smallest absolute Gasteiger partial charge is 0.387 e. The van der Waals surface area contributed by atoms with Crippen molar-refractivity contribution in [2.45, 2.75) is 13.5 Å². The zero-order chi connectivity index (χ0) is 20.4. The molecule has 4 aromatic rings. The number of amides is 1. The number of thiazole rings is 1. The zero-order valence-electron chi connectivity index (χ0n) is 14.9. The number of anilines is 1. The van der Waals surface area contributed by atoms with Crippen LogP contribution in [0.25, 0.3) is 22.0 Å². The Morgan fingerprint density at radius 1 is 1.17 bits per heavy atom. The molecule has 0 saturated carbocycles. The molecule has 0 bridgehead atoms. The second kappa shape index (κ2) is 8.10. The molecule has 1 amide bonds. The molecule has 29 heavy (non-hydrogen) atoms. The van der Waals surface area contributed by atoms with Crippen molar-refractivity contribution >= 4 is 33.7 Å². The topological polar surface area (TPSA) is 77.3 Å². The normalized spacial score (nSPS) is 11.0. The maximum Gasteiger partial charge on any atom is 0.387 e. The lowest BCUT2D eigenvalue weighted by Gasteiger charge is -2.08. The molecule has 0 aliphatic carbocycles. The standard InChI is InChI=1S/C19H13F2N3O3S2/c1-10-15(23-17(26-10)14-7-4-8-28-14)16(25)24-19-22-12(9-29-19)11-5-2-3-6-13(11)27-18(20)21/h2-9,18H,1H3,(H,22,24,25). The number of hydrogen-bond acceptors (Lipinski definition) is 7. The van der Waals surface area contributed by atoms with E-state index in [4.69, 9.17) is 4.42 Å². The highest BCUT2D eigenvalue weighted by atomic mass is 32.1. The van der Waals surface area contributed by atoms with Crippen molar-refractivity contribution in [3.05, 3.63) is 58.6 Å². The number of benzene rings is 1. The van der Waals surface area contributed by atoms with Gasteiger partial charge in [-0.1, -0.05) is 18.2 Å². The number of nitrogens with zero attached hydrogens (tertiary/aromatic N) is 2. The van der Waals surface area contributed by atoms with Crippen LogP contribution in [0.5, 0.6) is 5.75 Å². The molecular formula is C19H13F2N3O3S2. The van der Waals surface area contributed by atoms with Crippen LogP contribution in [-0.2, 0) is 0 Å². The number of oxazole rings is 1. The van der Waals surface area contributed by atoms with Crippen LogP contribution in [0.4, 0.5) is 13.9 Å². The van der Waals surface area contributed by atoms with Gasteiger partial charge in [0.05, 0.1) is 10.6 Å². The number of aromatic nitrogens is 2. The van der Waals surface area contributed by atoms with Crippen molar-refractivity contribution in [2.24, 2.45) is 0 Å². The molecule has 0 unspecified atom stereocenters. The van der Waals surface area contributed by atoms with Crippen LogP contribution in [0.1, 0.15) is 16.2 Å². The van der Waals surface area contributed by atoms with Crippen molar-refractivity contribution in [1.82, 2.24) is 9.97 Å². The Morgan fingerprint density at radius 2 is 2.00 bits per heavy atom. The maximum absolute atomic E-state index is 12.6. The van der Waals surface area contributed by atoms with Gasteiger partial charge in [0.15, 0.2) is 10.8 Å². The van der Waals surface area contributed by atoms with Crippen molar-refractivity contribution < 1.29 is 22.7 Å². The molecule has 0 spiro atoms. The number of alkyl halides is 2. The number of hydrogen-bond donors (Lipinski definition) is 1. The van der Waals surface area contributed by atoms with Gasteiger partial charge in [-0.05, 0) is 30.5 Å². The first-order valence-electron chi connectivity index (χ1n) is 8.33. The molecule has 148 valence electrons. The van der Waals surface area contributed by atoms with E-state index in [0.717, 1.165) is 16.2 Å². The minimum absolute atomic E-state index is 0.0126. The maximum atomic E-state index is 12.6. The van der Waals surface area contributed by atoms with Crippen LogP contribution in [0.2, 0.25) is 0 Å². The monoisotopic (exact) mass is 433 g/mol. The predicted octanol–water partition coefficient (Wildman–Crippen LogP) is 5.69. The molecule has 0 atom stereocenters. The largest absolute Gasteiger partial charge is 0.440 e. The predicted molar refractivity (Wildman–Crippen MR) is 107 cm³/mol. The second-order valence-corrected chi connectivity index (χ2v) is 7.57. The van der Waals surface area contributed by atoms with Crippen molar-refractivity contribution in [3.63, 3.8) is 0 Å². The first-order chi connectivity index (χ1) is 14.0. The van der Waals surface area contributed by atoms with E-state index < -0.39 is 12.5 Å². The van der Waals surface area contributed by atoms with Gasteiger partial charge in [0.2, 0.25) is 5.89 Å². The summed E-state index contributed by atoms with van der Waals surface area (Å²) in [7, 11) is 0. The van der Waals surface area contributed by atoms with Crippen molar-refractivity contribution in [3.8, 4) is 27.8 Å². The number of aryl methyl sites for hydroxylation is 1. The Kier molecular flexibility index (Phi) is 5.36. The quantitative estimate of drug-likeness (QED) is 0.423. The highest BCUT2D eigenvalue weighted by Crippen LogP contribution is 2.33. The summed E-state index contributed by atoms with van der Waals surface area (Å²) >= 11 is 2.62. The summed E-state index contributed by atoms with van der Waals surface area (Å²) in [5, 5.41) is 6.51. The average Bonchev–Trinajstić information content (AvgIpc) is 3.42. The van der Waals surface area contributed by atoms with Crippen LogP contribution in [0.15, 0.2) is 51.6 Å². The summed E-state index contributed by atoms with van der Waals surface area (Å²) in [5.74, 6) is 0.310. The fourth-order valence-corrected chi connectivity index (χ4v) is 3.96. The van der Waals surface area contributed by atoms with Gasteiger partial charge in [-0.15, -0.1) is 22.7 Å². The fourth-order valence-electron chi connectivity index (χ4n) is 2.60. The number of rotatable bonds is 6. The van der Waals surface area contributed by atoms with Gasteiger partial charge >= 0.3 is 6.61 Å². The molecule has 0 aliphatic heterocycles. The van der Waals surface area contributed by atoms with E-state index in [2.05, 4.69) is 20.0 Å². The summed E-state index contributed by atoms with van der Waals surface area (Å²) < 4.78 is 35.3. The van der Waals surface area contributed by atoms with E-state index in [9.17, 15) is 13.6 Å². The van der Waals surface area contributed by atoms with Crippen molar-refractivity contribution in [2.75, 3.05) is 5.32 Å². The summed E-state index contributed by atoms with van der Waals surface area (Å²) in [5.41, 5.74) is 0.978. The third kappa shape index (κ3) is 4.17. The van der Waals surface area contributed by atoms with E-state index in [1.165, 1.54) is 17.4 Å². The number of halogens is 2. The Morgan fingerprint density at radius 3 is 2.76 bits per heavy atom. The van der Waals surface area contributed by atoms with E-state index >= 15 is 0 Å². The zero-order valence-corrected chi connectivity index (χ0v) is 16.5. The summed E-state index contributed by atoms with van der Waals surface area (Å²) in [6.45, 7) is -1.29. The molecule has 0 saturated heterocycles. The number of carbonyl (C=O) groups is 1. The number of thiophene rings is 1. The minimum atomic E-state index is -2.94. The average molecular weight is 433 g/mol. The van der Waals surface area contributed by atoms with E-state index in [0.29, 0.717) is 28.0 Å². The van der Waals surface area contributed by atoms with Crippen LogP contribution in [0.3, 0.4) is 0 Å². The SMILES string of the molecule is Cc1oc(-c2cccs2)nc1C(=O)Nc1nc(-c2ccccc2OC(F)F)cs1. The van der Waals surface area contributed by atoms with Gasteiger partial charge in [-0.2, -0.15) is 8.78 Å². The second-order valence-electron chi connectivity index (χ2n) is 5.77. The Hall–Kier alpha value is -3.11. The molecular weight excluding hydrogens is 420 g/mol. The van der Waals surface area contributed by atoms with Gasteiger partial charge in [0.25, 0.3) is 5.91 Å². The first-order valence-corrected chi connectivity index (χ1v) is 10.1. The van der Waals surface area contributed by atoms with Crippen LogP contribution < -0.4 is 10.1 Å². The third-order valence-corrected chi connectivity index (χ3v) is 5.46. The lowest BCUT2D eigenvalue weighted by atomic mass is 10.1. The molecule has 0 radical (unpaired) electrons. The number of nitrogens with one attached hydrogen (secondary N) is 1. The van der Waals surface area contributed by atoms with Crippen LogP contribution in [0, 0.1) is 6.92 Å². The number of carbonyl (C=O) groups excluding carboxylic acids is 1. The van der Waals surface area contributed by atoms with Crippen LogP contribution in [-0.4, -0.2) is 22.5 Å². The molecule has 6 nitrogen and oxygen atoms in total. The summed E-state index contributed by atoms with van der Waals surface area (Å²) in [6.07, 6.45) is 0. The first kappa shape index (κ1) is 19.2. The highest BCUT2D eigenvalue weighted by molar-refractivity contribution is 7.14. The van der Waals surface area contributed by atoms with Crippen molar-refractivity contribution in [1.29, 1.82) is 0 Å². The molecule has 0 fully saturated rings. The molecule has 0 aliphatic rings. The van der Waals surface area contributed by atoms with Crippen LogP contribution >= 0.6 is 22.7 Å².